The molecule has 0 radical (unpaired) electrons. The summed E-state index contributed by atoms with van der Waals surface area (Å²) in [6, 6.07) is 5.92. The van der Waals surface area contributed by atoms with E-state index in [2.05, 4.69) is 37.7 Å². The zero-order valence-electron chi connectivity index (χ0n) is 21.0. The third kappa shape index (κ3) is 10.4. The SMILES string of the molecule is C/C=C(\C)CN=C/C(CC1=C(c2cccc(N)c2C=N)CCCC1)=C(/C)N.C=N.CCCN. The first-order valence-electron chi connectivity index (χ1n) is 11.6. The Hall–Kier alpha value is -2.99. The van der Waals surface area contributed by atoms with E-state index < -0.39 is 0 Å². The number of aliphatic imine (C=N–C) groups is 1. The van der Waals surface area contributed by atoms with Gasteiger partial charge in [-0.05, 0) is 95.3 Å². The number of allylic oxidation sites excluding steroid dienone is 5. The number of nitrogens with zero attached hydrogens (tertiary/aromatic N) is 1. The summed E-state index contributed by atoms with van der Waals surface area (Å²) >= 11 is 0. The number of nitrogens with two attached hydrogens (primary N) is 3. The lowest BCUT2D eigenvalue weighted by Gasteiger charge is -2.23. The molecule has 0 aliphatic heterocycles. The lowest BCUT2D eigenvalue weighted by Crippen LogP contribution is -2.08. The van der Waals surface area contributed by atoms with Gasteiger partial charge in [0, 0.05) is 29.4 Å². The summed E-state index contributed by atoms with van der Waals surface area (Å²) in [6.45, 7) is 12.1. The summed E-state index contributed by atoms with van der Waals surface area (Å²) < 4.78 is 0. The van der Waals surface area contributed by atoms with Gasteiger partial charge in [0.2, 0.25) is 0 Å². The van der Waals surface area contributed by atoms with Crippen molar-refractivity contribution in [2.45, 2.75) is 66.2 Å². The van der Waals surface area contributed by atoms with Gasteiger partial charge in [-0.2, -0.15) is 0 Å². The van der Waals surface area contributed by atoms with E-state index in [1.165, 1.54) is 35.8 Å². The van der Waals surface area contributed by atoms with Gasteiger partial charge in [-0.25, -0.2) is 0 Å². The smallest absolute Gasteiger partial charge is 0.0596 e. The first kappa shape index (κ1) is 30.0. The fourth-order valence-corrected chi connectivity index (χ4v) is 3.40. The van der Waals surface area contributed by atoms with Crippen molar-refractivity contribution in [3.05, 3.63) is 57.8 Å². The highest BCUT2D eigenvalue weighted by molar-refractivity contribution is 5.93. The Kier molecular flexibility index (Phi) is 16.0. The van der Waals surface area contributed by atoms with Gasteiger partial charge in [0.05, 0.1) is 6.54 Å². The molecule has 1 aliphatic carbocycles. The highest BCUT2D eigenvalue weighted by atomic mass is 14.7. The van der Waals surface area contributed by atoms with Gasteiger partial charge in [-0.3, -0.25) is 4.99 Å². The van der Waals surface area contributed by atoms with E-state index in [9.17, 15) is 0 Å². The van der Waals surface area contributed by atoms with Crippen LogP contribution in [0.15, 0.2) is 51.7 Å². The first-order valence-corrected chi connectivity index (χ1v) is 11.6. The molecule has 0 unspecified atom stereocenters. The largest absolute Gasteiger partial charge is 0.402 e. The number of hydrogen-bond acceptors (Lipinski definition) is 6. The molecule has 0 saturated carbocycles. The molecule has 0 fully saturated rings. The van der Waals surface area contributed by atoms with E-state index >= 15 is 0 Å². The molecule has 1 aromatic rings. The summed E-state index contributed by atoms with van der Waals surface area (Å²) in [7, 11) is 0. The van der Waals surface area contributed by atoms with Crippen LogP contribution in [0.4, 0.5) is 5.69 Å². The fraction of sp³-hybridized carbons (Fsp3) is 0.444. The second-order valence-electron chi connectivity index (χ2n) is 8.02. The summed E-state index contributed by atoms with van der Waals surface area (Å²) in [5.41, 5.74) is 25.7. The van der Waals surface area contributed by atoms with Crippen molar-refractivity contribution in [2.75, 3.05) is 18.8 Å². The second-order valence-corrected chi connectivity index (χ2v) is 8.02. The summed E-state index contributed by atoms with van der Waals surface area (Å²) in [6.07, 6.45) is 11.7. The molecule has 33 heavy (non-hydrogen) atoms. The van der Waals surface area contributed by atoms with Crippen LogP contribution in [-0.4, -0.2) is 32.2 Å². The third-order valence-corrected chi connectivity index (χ3v) is 5.47. The van der Waals surface area contributed by atoms with E-state index in [-0.39, 0.29) is 0 Å². The molecule has 0 spiro atoms. The Labute approximate surface area is 200 Å². The van der Waals surface area contributed by atoms with E-state index in [4.69, 9.17) is 28.0 Å². The van der Waals surface area contributed by atoms with Gasteiger partial charge >= 0.3 is 0 Å². The molecule has 6 heteroatoms. The van der Waals surface area contributed by atoms with Crippen molar-refractivity contribution >= 4 is 30.4 Å². The van der Waals surface area contributed by atoms with Crippen LogP contribution < -0.4 is 17.2 Å². The maximum absolute atomic E-state index is 7.79. The molecule has 1 aliphatic rings. The van der Waals surface area contributed by atoms with Crippen molar-refractivity contribution in [3.8, 4) is 0 Å². The lowest BCUT2D eigenvalue weighted by atomic mass is 9.82. The van der Waals surface area contributed by atoms with Gasteiger partial charge in [0.1, 0.15) is 0 Å². The Bertz CT molecular complexity index is 855. The molecular weight excluding hydrogens is 408 g/mol. The van der Waals surface area contributed by atoms with Crippen LogP contribution in [-0.2, 0) is 0 Å². The molecule has 0 heterocycles. The van der Waals surface area contributed by atoms with Crippen LogP contribution in [0.3, 0.4) is 0 Å². The Balaban J connectivity index is 0.00000154. The summed E-state index contributed by atoms with van der Waals surface area (Å²) in [5, 5.41) is 13.3. The van der Waals surface area contributed by atoms with Crippen molar-refractivity contribution in [2.24, 2.45) is 16.5 Å². The molecule has 1 aromatic carbocycles. The zero-order valence-corrected chi connectivity index (χ0v) is 21.0. The molecule has 0 atom stereocenters. The van der Waals surface area contributed by atoms with Crippen LogP contribution in [0.1, 0.15) is 77.3 Å². The number of nitrogen functional groups attached to an aromatic ring is 1. The van der Waals surface area contributed by atoms with E-state index in [1.807, 2.05) is 32.2 Å². The topological polar surface area (TPSA) is 138 Å². The maximum Gasteiger partial charge on any atom is 0.0596 e. The molecule has 2 rings (SSSR count). The van der Waals surface area contributed by atoms with Crippen LogP contribution in [0.25, 0.3) is 5.57 Å². The monoisotopic (exact) mass is 452 g/mol. The zero-order chi connectivity index (χ0) is 25.2. The second kappa shape index (κ2) is 17.6. The minimum atomic E-state index is 0.661. The van der Waals surface area contributed by atoms with Crippen molar-refractivity contribution in [3.63, 3.8) is 0 Å². The normalized spacial score (nSPS) is 14.6. The minimum Gasteiger partial charge on any atom is -0.402 e. The van der Waals surface area contributed by atoms with E-state index in [0.29, 0.717) is 12.2 Å². The highest BCUT2D eigenvalue weighted by Gasteiger charge is 2.18. The van der Waals surface area contributed by atoms with Crippen molar-refractivity contribution in [1.82, 2.24) is 0 Å². The molecular formula is C27H44N6. The molecule has 0 saturated heterocycles. The van der Waals surface area contributed by atoms with Gasteiger partial charge in [-0.1, -0.05) is 36.3 Å². The van der Waals surface area contributed by atoms with Crippen LogP contribution >= 0.6 is 0 Å². The third-order valence-electron chi connectivity index (χ3n) is 5.47. The van der Waals surface area contributed by atoms with Crippen molar-refractivity contribution < 1.29 is 0 Å². The standard InChI is InChI=1S/C23H32N4.C3H9N.CH3N/c1-4-16(2)14-27-15-19(17(3)25)12-18-8-5-6-9-20(18)21-10-7-11-23(26)22(21)13-24;1-2-3-4;1-2/h4,7,10-11,13,15,24H,5-6,8-9,12,14,25-26H2,1-3H3;2-4H2,1H3;2H,1H2/b16-4+,19-17-,24-13?,27-15?;;. The fourth-order valence-electron chi connectivity index (χ4n) is 3.40. The van der Waals surface area contributed by atoms with Crippen LogP contribution in [0, 0.1) is 10.8 Å². The quantitative estimate of drug-likeness (QED) is 0.191. The molecule has 6 nitrogen and oxygen atoms in total. The summed E-state index contributed by atoms with van der Waals surface area (Å²) in [4.78, 5) is 4.56. The Morgan fingerprint density at radius 1 is 1.18 bits per heavy atom. The molecule has 8 N–H and O–H groups in total. The highest BCUT2D eigenvalue weighted by Crippen LogP contribution is 2.37. The number of nitrogens with one attached hydrogen (secondary N) is 2. The van der Waals surface area contributed by atoms with Crippen molar-refractivity contribution in [1.29, 1.82) is 10.8 Å². The number of benzene rings is 1. The molecule has 0 amide bonds. The van der Waals surface area contributed by atoms with Crippen LogP contribution in [0.5, 0.6) is 0 Å². The number of rotatable bonds is 8. The van der Waals surface area contributed by atoms with Gasteiger partial charge in [-0.15, -0.1) is 0 Å². The van der Waals surface area contributed by atoms with Gasteiger partial charge in [0.15, 0.2) is 0 Å². The number of anilines is 1. The maximum atomic E-state index is 7.79. The number of hydrogen-bond donors (Lipinski definition) is 5. The lowest BCUT2D eigenvalue weighted by molar-refractivity contribution is 0.702. The predicted molar refractivity (Wildman–Crippen MR) is 148 cm³/mol. The molecule has 0 aromatic heterocycles. The Morgan fingerprint density at radius 2 is 1.82 bits per heavy atom. The van der Waals surface area contributed by atoms with Gasteiger partial charge in [0.25, 0.3) is 0 Å². The average Bonchev–Trinajstić information content (AvgIpc) is 2.84. The Morgan fingerprint density at radius 3 is 2.36 bits per heavy atom. The van der Waals surface area contributed by atoms with Crippen LogP contribution in [0.2, 0.25) is 0 Å². The minimum absolute atomic E-state index is 0.661. The van der Waals surface area contributed by atoms with E-state index in [0.717, 1.165) is 54.6 Å². The molecule has 0 bridgehead atoms. The predicted octanol–water partition coefficient (Wildman–Crippen LogP) is 5.87. The summed E-state index contributed by atoms with van der Waals surface area (Å²) in [5.74, 6) is 0. The van der Waals surface area contributed by atoms with E-state index in [1.54, 1.807) is 0 Å². The first-order chi connectivity index (χ1) is 15.9. The average molecular weight is 453 g/mol. The van der Waals surface area contributed by atoms with Gasteiger partial charge < -0.3 is 28.0 Å². The molecule has 182 valence electrons.